The Morgan fingerprint density at radius 3 is 2.39 bits per heavy atom. The van der Waals surface area contributed by atoms with Crippen molar-refractivity contribution in [2.45, 2.75) is 46.2 Å². The molecule has 3 nitrogen and oxygen atoms in total. The normalized spacial score (nSPS) is 12.7. The van der Waals surface area contributed by atoms with Crippen molar-refractivity contribution in [2.24, 2.45) is 0 Å². The molecule has 0 radical (unpaired) electrons. The first-order valence-corrected chi connectivity index (χ1v) is 6.61. The molecule has 1 atom stereocenters. The number of nitrogens with zero attached hydrogens (tertiary/aromatic N) is 1. The highest BCUT2D eigenvalue weighted by atomic mass is 16.4. The summed E-state index contributed by atoms with van der Waals surface area (Å²) in [7, 11) is 0. The van der Waals surface area contributed by atoms with Crippen molar-refractivity contribution in [3.8, 4) is 0 Å². The molecule has 100 valence electrons. The lowest BCUT2D eigenvalue weighted by Gasteiger charge is -2.27. The highest BCUT2D eigenvalue weighted by Gasteiger charge is 2.16. The molecule has 1 unspecified atom stereocenters. The van der Waals surface area contributed by atoms with Crippen LogP contribution in [0.1, 0.15) is 38.3 Å². The summed E-state index contributed by atoms with van der Waals surface area (Å²) in [6.45, 7) is 7.12. The van der Waals surface area contributed by atoms with Crippen LogP contribution in [-0.2, 0) is 17.8 Å². The molecule has 1 aromatic rings. The van der Waals surface area contributed by atoms with Crippen molar-refractivity contribution in [1.29, 1.82) is 0 Å². The zero-order valence-electron chi connectivity index (χ0n) is 11.5. The van der Waals surface area contributed by atoms with E-state index in [0.717, 1.165) is 12.8 Å². The van der Waals surface area contributed by atoms with Crippen LogP contribution in [-0.4, -0.2) is 28.6 Å². The van der Waals surface area contributed by atoms with Crippen molar-refractivity contribution in [1.82, 2.24) is 4.90 Å². The minimum absolute atomic E-state index is 0.104. The SMILES string of the molecule is CCc1ccccc1CN(CC(=O)O)C(C)CC. The van der Waals surface area contributed by atoms with E-state index in [1.165, 1.54) is 11.1 Å². The molecule has 0 spiro atoms. The van der Waals surface area contributed by atoms with Gasteiger partial charge in [-0.15, -0.1) is 0 Å². The Labute approximate surface area is 109 Å². The first-order valence-electron chi connectivity index (χ1n) is 6.61. The monoisotopic (exact) mass is 249 g/mol. The number of carboxylic acid groups (broad SMARTS) is 1. The molecule has 0 fully saturated rings. The Kier molecular flexibility index (Phi) is 5.86. The van der Waals surface area contributed by atoms with Crippen LogP contribution in [0.15, 0.2) is 24.3 Å². The number of benzene rings is 1. The minimum Gasteiger partial charge on any atom is -0.480 e. The fourth-order valence-electron chi connectivity index (χ4n) is 2.07. The summed E-state index contributed by atoms with van der Waals surface area (Å²) in [6.07, 6.45) is 1.94. The van der Waals surface area contributed by atoms with Crippen LogP contribution in [0.25, 0.3) is 0 Å². The Balaban J connectivity index is 2.84. The third-order valence-electron chi connectivity index (χ3n) is 3.43. The number of carbonyl (C=O) groups is 1. The second-order valence-electron chi connectivity index (χ2n) is 4.68. The molecule has 0 amide bonds. The maximum atomic E-state index is 10.9. The Morgan fingerprint density at radius 2 is 1.89 bits per heavy atom. The number of aliphatic carboxylic acids is 1. The van der Waals surface area contributed by atoms with Crippen molar-refractivity contribution in [3.63, 3.8) is 0 Å². The lowest BCUT2D eigenvalue weighted by Crippen LogP contribution is -2.36. The van der Waals surface area contributed by atoms with Crippen LogP contribution in [0.3, 0.4) is 0 Å². The third kappa shape index (κ3) is 4.15. The molecule has 0 saturated carbocycles. The predicted molar refractivity (Wildman–Crippen MR) is 73.6 cm³/mol. The maximum Gasteiger partial charge on any atom is 0.317 e. The van der Waals surface area contributed by atoms with Gasteiger partial charge in [-0.05, 0) is 30.9 Å². The number of carboxylic acids is 1. The molecular weight excluding hydrogens is 226 g/mol. The molecule has 0 aromatic heterocycles. The van der Waals surface area contributed by atoms with Gasteiger partial charge in [-0.2, -0.15) is 0 Å². The van der Waals surface area contributed by atoms with E-state index in [1.807, 2.05) is 17.0 Å². The third-order valence-corrected chi connectivity index (χ3v) is 3.43. The molecule has 3 heteroatoms. The van der Waals surface area contributed by atoms with Gasteiger partial charge in [-0.25, -0.2) is 0 Å². The van der Waals surface area contributed by atoms with Gasteiger partial charge in [0, 0.05) is 12.6 Å². The summed E-state index contributed by atoms with van der Waals surface area (Å²) >= 11 is 0. The molecule has 1 aromatic carbocycles. The van der Waals surface area contributed by atoms with Gasteiger partial charge in [-0.1, -0.05) is 38.1 Å². The van der Waals surface area contributed by atoms with E-state index < -0.39 is 5.97 Å². The Morgan fingerprint density at radius 1 is 1.28 bits per heavy atom. The van der Waals surface area contributed by atoms with Crippen molar-refractivity contribution in [2.75, 3.05) is 6.54 Å². The predicted octanol–water partition coefficient (Wildman–Crippen LogP) is 2.93. The van der Waals surface area contributed by atoms with Gasteiger partial charge in [0.1, 0.15) is 0 Å². The highest BCUT2D eigenvalue weighted by Crippen LogP contribution is 2.15. The van der Waals surface area contributed by atoms with Crippen molar-refractivity contribution in [3.05, 3.63) is 35.4 Å². The molecule has 0 aliphatic carbocycles. The number of hydrogen-bond acceptors (Lipinski definition) is 2. The van der Waals surface area contributed by atoms with Gasteiger partial charge in [0.05, 0.1) is 6.54 Å². The average molecular weight is 249 g/mol. The molecular formula is C15H23NO2. The van der Waals surface area contributed by atoms with E-state index in [9.17, 15) is 4.79 Å². The van der Waals surface area contributed by atoms with Gasteiger partial charge in [-0.3, -0.25) is 9.69 Å². The Hall–Kier alpha value is -1.35. The summed E-state index contributed by atoms with van der Waals surface area (Å²) in [5, 5.41) is 8.99. The topological polar surface area (TPSA) is 40.5 Å². The minimum atomic E-state index is -0.760. The van der Waals surface area contributed by atoms with Gasteiger partial charge in [0.15, 0.2) is 0 Å². The summed E-state index contributed by atoms with van der Waals surface area (Å²) < 4.78 is 0. The largest absolute Gasteiger partial charge is 0.480 e. The number of hydrogen-bond donors (Lipinski definition) is 1. The van der Waals surface area contributed by atoms with E-state index >= 15 is 0 Å². The van der Waals surface area contributed by atoms with E-state index in [-0.39, 0.29) is 12.6 Å². The molecule has 1 rings (SSSR count). The zero-order valence-corrected chi connectivity index (χ0v) is 11.5. The van der Waals surface area contributed by atoms with Crippen LogP contribution in [0.2, 0.25) is 0 Å². The first kappa shape index (κ1) is 14.7. The van der Waals surface area contributed by atoms with Gasteiger partial charge < -0.3 is 5.11 Å². The fraction of sp³-hybridized carbons (Fsp3) is 0.533. The summed E-state index contributed by atoms with van der Waals surface area (Å²) in [6, 6.07) is 8.55. The van der Waals surface area contributed by atoms with E-state index in [1.54, 1.807) is 0 Å². The van der Waals surface area contributed by atoms with Gasteiger partial charge in [0.2, 0.25) is 0 Å². The van der Waals surface area contributed by atoms with Gasteiger partial charge >= 0.3 is 5.97 Å². The molecule has 1 N–H and O–H groups in total. The van der Waals surface area contributed by atoms with Crippen LogP contribution < -0.4 is 0 Å². The van der Waals surface area contributed by atoms with Crippen LogP contribution in [0.4, 0.5) is 0 Å². The first-order chi connectivity index (χ1) is 8.58. The summed E-state index contributed by atoms with van der Waals surface area (Å²) in [5.41, 5.74) is 2.54. The van der Waals surface area contributed by atoms with Crippen LogP contribution in [0.5, 0.6) is 0 Å². The molecule has 0 saturated heterocycles. The zero-order chi connectivity index (χ0) is 13.5. The highest BCUT2D eigenvalue weighted by molar-refractivity contribution is 5.69. The standard InChI is InChI=1S/C15H23NO2/c1-4-12(3)16(11-15(17)18)10-14-9-7-6-8-13(14)5-2/h6-9,12H,4-5,10-11H2,1-3H3,(H,17,18). The smallest absolute Gasteiger partial charge is 0.317 e. The molecule has 0 bridgehead atoms. The van der Waals surface area contributed by atoms with E-state index in [0.29, 0.717) is 6.54 Å². The van der Waals surface area contributed by atoms with E-state index in [4.69, 9.17) is 5.11 Å². The fourth-order valence-corrected chi connectivity index (χ4v) is 2.07. The van der Waals surface area contributed by atoms with Gasteiger partial charge in [0.25, 0.3) is 0 Å². The van der Waals surface area contributed by atoms with Crippen LogP contribution >= 0.6 is 0 Å². The average Bonchev–Trinajstić information content (AvgIpc) is 2.37. The number of aryl methyl sites for hydroxylation is 1. The lowest BCUT2D eigenvalue weighted by atomic mass is 10.0. The molecule has 0 aliphatic rings. The van der Waals surface area contributed by atoms with Crippen molar-refractivity contribution >= 4 is 5.97 Å². The van der Waals surface area contributed by atoms with E-state index in [2.05, 4.69) is 32.9 Å². The number of rotatable bonds is 7. The Bertz CT molecular complexity index is 390. The lowest BCUT2D eigenvalue weighted by molar-refractivity contribution is -0.139. The quantitative estimate of drug-likeness (QED) is 0.807. The molecule has 0 aliphatic heterocycles. The second kappa shape index (κ2) is 7.17. The van der Waals surface area contributed by atoms with Crippen molar-refractivity contribution < 1.29 is 9.90 Å². The summed E-state index contributed by atoms with van der Waals surface area (Å²) in [4.78, 5) is 13.0. The molecule has 18 heavy (non-hydrogen) atoms. The second-order valence-corrected chi connectivity index (χ2v) is 4.68. The van der Waals surface area contributed by atoms with Crippen LogP contribution in [0, 0.1) is 0 Å². The maximum absolute atomic E-state index is 10.9. The molecule has 0 heterocycles. The summed E-state index contributed by atoms with van der Waals surface area (Å²) in [5.74, 6) is -0.760.